The molecular weight excluding hydrogens is 319 g/mol. The molecule has 0 radical (unpaired) electrons. The smallest absolute Gasteiger partial charge is 0.306 e. The monoisotopic (exact) mass is 328 g/mol. The highest BCUT2D eigenvalue weighted by molar-refractivity contribution is 14.1. The summed E-state index contributed by atoms with van der Waals surface area (Å²) in [5, 5.41) is 0. The zero-order valence-electron chi connectivity index (χ0n) is 8.53. The van der Waals surface area contributed by atoms with Crippen molar-refractivity contribution in [2.75, 3.05) is 0 Å². The lowest BCUT2D eigenvalue weighted by Crippen LogP contribution is -2.34. The maximum atomic E-state index is 11.7. The lowest BCUT2D eigenvalue weighted by atomic mass is 10.1. The van der Waals surface area contributed by atoms with Crippen LogP contribution in [0, 0.1) is 3.57 Å². The normalized spacial score (nSPS) is 10.4. The van der Waals surface area contributed by atoms with E-state index in [0.717, 1.165) is 10.1 Å². The van der Waals surface area contributed by atoms with Gasteiger partial charge in [-0.2, -0.15) is 0 Å². The fourth-order valence-electron chi connectivity index (χ4n) is 1.40. The molecule has 0 bridgehead atoms. The van der Waals surface area contributed by atoms with E-state index in [4.69, 9.17) is 0 Å². The van der Waals surface area contributed by atoms with Crippen LogP contribution in [-0.2, 0) is 7.05 Å². The second kappa shape index (κ2) is 4.25. The third-order valence-electron chi connectivity index (χ3n) is 2.31. The van der Waals surface area contributed by atoms with Gasteiger partial charge in [0.1, 0.15) is 3.57 Å². The van der Waals surface area contributed by atoms with Crippen molar-refractivity contribution in [1.29, 1.82) is 0 Å². The van der Waals surface area contributed by atoms with Crippen LogP contribution in [0.2, 0.25) is 0 Å². The number of benzene rings is 1. The Morgan fingerprint density at radius 1 is 1.19 bits per heavy atom. The number of aromatic amines is 1. The summed E-state index contributed by atoms with van der Waals surface area (Å²) >= 11 is 1.95. The van der Waals surface area contributed by atoms with E-state index in [0.29, 0.717) is 9.26 Å². The zero-order valence-corrected chi connectivity index (χ0v) is 10.7. The standard InChI is InChI=1S/C11H9IN2O2/c1-14-10(15)8(12)9(13-11(14)16)7-5-3-2-4-6-7/h2-6H,1H3,(H,13,16). The number of H-pyrrole nitrogens is 1. The molecule has 1 aromatic carbocycles. The van der Waals surface area contributed by atoms with Crippen LogP contribution in [0.4, 0.5) is 0 Å². The van der Waals surface area contributed by atoms with Crippen molar-refractivity contribution in [3.8, 4) is 11.3 Å². The Labute approximate surface area is 105 Å². The molecule has 82 valence electrons. The van der Waals surface area contributed by atoms with Crippen LogP contribution in [0.3, 0.4) is 0 Å². The highest BCUT2D eigenvalue weighted by Gasteiger charge is 2.10. The van der Waals surface area contributed by atoms with Gasteiger partial charge in [0, 0.05) is 7.05 Å². The van der Waals surface area contributed by atoms with Crippen molar-refractivity contribution in [3.05, 3.63) is 54.7 Å². The van der Waals surface area contributed by atoms with Crippen molar-refractivity contribution >= 4 is 22.6 Å². The summed E-state index contributed by atoms with van der Waals surface area (Å²) in [4.78, 5) is 25.9. The molecule has 0 unspecified atom stereocenters. The van der Waals surface area contributed by atoms with Gasteiger partial charge in [-0.15, -0.1) is 0 Å². The summed E-state index contributed by atoms with van der Waals surface area (Å²) in [6.07, 6.45) is 0. The van der Waals surface area contributed by atoms with Crippen LogP contribution in [0.15, 0.2) is 39.9 Å². The molecule has 2 aromatic rings. The lowest BCUT2D eigenvalue weighted by molar-refractivity contribution is 0.771. The second-order valence-corrected chi connectivity index (χ2v) is 4.43. The predicted molar refractivity (Wildman–Crippen MR) is 70.5 cm³/mol. The highest BCUT2D eigenvalue weighted by atomic mass is 127. The zero-order chi connectivity index (χ0) is 11.7. The van der Waals surface area contributed by atoms with E-state index in [9.17, 15) is 9.59 Å². The van der Waals surface area contributed by atoms with Gasteiger partial charge in [0.25, 0.3) is 5.56 Å². The van der Waals surface area contributed by atoms with Crippen LogP contribution >= 0.6 is 22.6 Å². The Balaban J connectivity index is 2.78. The van der Waals surface area contributed by atoms with Crippen LogP contribution in [-0.4, -0.2) is 9.55 Å². The van der Waals surface area contributed by atoms with E-state index in [1.807, 2.05) is 52.9 Å². The molecule has 0 spiro atoms. The Morgan fingerprint density at radius 3 is 2.44 bits per heavy atom. The summed E-state index contributed by atoms with van der Waals surface area (Å²) in [6, 6.07) is 9.32. The third-order valence-corrected chi connectivity index (χ3v) is 3.31. The van der Waals surface area contributed by atoms with E-state index in [1.165, 1.54) is 7.05 Å². The minimum Gasteiger partial charge on any atom is -0.306 e. The molecule has 0 saturated heterocycles. The van der Waals surface area contributed by atoms with Crippen LogP contribution < -0.4 is 11.2 Å². The molecule has 1 aromatic heterocycles. The maximum absolute atomic E-state index is 11.7. The van der Waals surface area contributed by atoms with Crippen molar-refractivity contribution < 1.29 is 0 Å². The van der Waals surface area contributed by atoms with Gasteiger partial charge in [-0.05, 0) is 28.2 Å². The molecule has 1 heterocycles. The average molecular weight is 328 g/mol. The quantitative estimate of drug-likeness (QED) is 0.804. The van der Waals surface area contributed by atoms with Crippen molar-refractivity contribution in [3.63, 3.8) is 0 Å². The summed E-state index contributed by atoms with van der Waals surface area (Å²) in [5.74, 6) is 0. The minimum atomic E-state index is -0.399. The first-order chi connectivity index (χ1) is 7.61. The van der Waals surface area contributed by atoms with Gasteiger partial charge in [-0.3, -0.25) is 9.36 Å². The van der Waals surface area contributed by atoms with Gasteiger partial charge >= 0.3 is 5.69 Å². The third kappa shape index (κ3) is 1.82. The Hall–Kier alpha value is -1.37. The molecule has 0 amide bonds. The maximum Gasteiger partial charge on any atom is 0.328 e. The molecule has 0 aliphatic carbocycles. The van der Waals surface area contributed by atoms with Gasteiger partial charge in [0.05, 0.1) is 5.69 Å². The van der Waals surface area contributed by atoms with Crippen LogP contribution in [0.25, 0.3) is 11.3 Å². The molecule has 1 N–H and O–H groups in total. The molecule has 0 atom stereocenters. The largest absolute Gasteiger partial charge is 0.328 e. The Bertz CT molecular complexity index is 629. The van der Waals surface area contributed by atoms with E-state index in [1.54, 1.807) is 0 Å². The first-order valence-electron chi connectivity index (χ1n) is 4.65. The van der Waals surface area contributed by atoms with Gasteiger partial charge in [0.15, 0.2) is 0 Å². The average Bonchev–Trinajstić information content (AvgIpc) is 2.32. The molecule has 2 rings (SSSR count). The first-order valence-corrected chi connectivity index (χ1v) is 5.73. The number of rotatable bonds is 1. The molecule has 4 nitrogen and oxygen atoms in total. The summed E-state index contributed by atoms with van der Waals surface area (Å²) in [5.41, 5.74) is 0.739. The summed E-state index contributed by atoms with van der Waals surface area (Å²) in [6.45, 7) is 0. The number of nitrogens with one attached hydrogen (secondary N) is 1. The molecule has 0 saturated carbocycles. The number of halogens is 1. The van der Waals surface area contributed by atoms with Crippen molar-refractivity contribution in [2.24, 2.45) is 7.05 Å². The van der Waals surface area contributed by atoms with Gasteiger partial charge in [-0.1, -0.05) is 30.3 Å². The van der Waals surface area contributed by atoms with E-state index in [2.05, 4.69) is 4.98 Å². The second-order valence-electron chi connectivity index (χ2n) is 3.35. The number of hydrogen-bond acceptors (Lipinski definition) is 2. The van der Waals surface area contributed by atoms with Gasteiger partial charge in [0.2, 0.25) is 0 Å². The Morgan fingerprint density at radius 2 is 1.81 bits per heavy atom. The van der Waals surface area contributed by atoms with Gasteiger partial charge < -0.3 is 4.98 Å². The fourth-order valence-corrected chi connectivity index (χ4v) is 2.20. The van der Waals surface area contributed by atoms with E-state index < -0.39 is 5.69 Å². The molecule has 0 fully saturated rings. The molecular formula is C11H9IN2O2. The molecule has 0 aliphatic rings. The molecule has 16 heavy (non-hydrogen) atoms. The van der Waals surface area contributed by atoms with Crippen molar-refractivity contribution in [1.82, 2.24) is 9.55 Å². The highest BCUT2D eigenvalue weighted by Crippen LogP contribution is 2.18. The molecule has 5 heteroatoms. The number of aromatic nitrogens is 2. The van der Waals surface area contributed by atoms with Gasteiger partial charge in [-0.25, -0.2) is 4.79 Å². The first kappa shape index (κ1) is 11.1. The summed E-state index contributed by atoms with van der Waals surface area (Å²) < 4.78 is 1.58. The van der Waals surface area contributed by atoms with E-state index >= 15 is 0 Å². The lowest BCUT2D eigenvalue weighted by Gasteiger charge is -2.05. The van der Waals surface area contributed by atoms with E-state index in [-0.39, 0.29) is 5.56 Å². The SMILES string of the molecule is Cn1c(=O)[nH]c(-c2ccccc2)c(I)c1=O. The topological polar surface area (TPSA) is 54.9 Å². The fraction of sp³-hybridized carbons (Fsp3) is 0.0909. The minimum absolute atomic E-state index is 0.275. The molecule has 0 aliphatic heterocycles. The Kier molecular flexibility index (Phi) is 2.95. The number of hydrogen-bond donors (Lipinski definition) is 1. The van der Waals surface area contributed by atoms with Crippen molar-refractivity contribution in [2.45, 2.75) is 0 Å². The number of nitrogens with zero attached hydrogens (tertiary/aromatic N) is 1. The summed E-state index contributed by atoms with van der Waals surface area (Å²) in [7, 11) is 1.46. The van der Waals surface area contributed by atoms with Crippen LogP contribution in [0.5, 0.6) is 0 Å². The predicted octanol–water partition coefficient (Wildman–Crippen LogP) is 1.35. The van der Waals surface area contributed by atoms with Crippen LogP contribution in [0.1, 0.15) is 0 Å².